The Morgan fingerprint density at radius 3 is 2.94 bits per heavy atom. The lowest BCUT2D eigenvalue weighted by molar-refractivity contribution is 0.261. The van der Waals surface area contributed by atoms with Crippen LogP contribution < -0.4 is 5.32 Å². The monoisotopic (exact) mass is 254 g/mol. The van der Waals surface area contributed by atoms with Gasteiger partial charge < -0.3 is 10.2 Å². The summed E-state index contributed by atoms with van der Waals surface area (Å²) >= 11 is 1.49. The number of anilines is 1. The van der Waals surface area contributed by atoms with Crippen LogP contribution in [0.1, 0.15) is 44.9 Å². The number of likely N-dealkylation sites (N-methyl/N-ethyl adjacent to an activating group) is 1. The Bertz CT molecular complexity index is 348. The molecule has 4 nitrogen and oxygen atoms in total. The zero-order chi connectivity index (χ0) is 12.3. The molecule has 5 heteroatoms. The summed E-state index contributed by atoms with van der Waals surface area (Å²) in [6.07, 6.45) is 3.74. The van der Waals surface area contributed by atoms with E-state index < -0.39 is 0 Å². The second kappa shape index (κ2) is 5.78. The predicted molar refractivity (Wildman–Crippen MR) is 72.8 cm³/mol. The molecule has 96 valence electrons. The van der Waals surface area contributed by atoms with Crippen molar-refractivity contribution in [3.63, 3.8) is 0 Å². The molecule has 1 heterocycles. The molecule has 1 N–H and O–H groups in total. The van der Waals surface area contributed by atoms with Crippen molar-refractivity contribution in [1.82, 2.24) is 14.3 Å². The van der Waals surface area contributed by atoms with Crippen LogP contribution in [0.2, 0.25) is 0 Å². The molecule has 0 spiro atoms. The maximum Gasteiger partial charge on any atom is 0.202 e. The predicted octanol–water partition coefficient (Wildman–Crippen LogP) is 2.56. The van der Waals surface area contributed by atoms with Gasteiger partial charge in [0.2, 0.25) is 5.13 Å². The van der Waals surface area contributed by atoms with Crippen molar-refractivity contribution < 1.29 is 0 Å². The van der Waals surface area contributed by atoms with E-state index in [0.29, 0.717) is 12.0 Å². The van der Waals surface area contributed by atoms with Crippen molar-refractivity contribution in [2.75, 3.05) is 25.5 Å². The third-order valence-electron chi connectivity index (χ3n) is 3.47. The van der Waals surface area contributed by atoms with Crippen LogP contribution in [0.4, 0.5) is 5.13 Å². The third kappa shape index (κ3) is 3.64. The van der Waals surface area contributed by atoms with Crippen LogP contribution >= 0.6 is 11.5 Å². The van der Waals surface area contributed by atoms with Crippen molar-refractivity contribution in [2.45, 2.75) is 45.1 Å². The largest absolute Gasteiger partial charge is 0.359 e. The second-order valence-electron chi connectivity index (χ2n) is 4.90. The van der Waals surface area contributed by atoms with E-state index in [4.69, 9.17) is 0 Å². The van der Waals surface area contributed by atoms with E-state index in [1.54, 1.807) is 0 Å². The van der Waals surface area contributed by atoms with E-state index >= 15 is 0 Å². The number of rotatable bonds is 7. The molecule has 0 bridgehead atoms. The maximum atomic E-state index is 4.51. The summed E-state index contributed by atoms with van der Waals surface area (Å²) in [6, 6.07) is 0.647. The highest BCUT2D eigenvalue weighted by atomic mass is 32.1. The Morgan fingerprint density at radius 1 is 1.53 bits per heavy atom. The van der Waals surface area contributed by atoms with Gasteiger partial charge in [0.05, 0.1) is 0 Å². The summed E-state index contributed by atoms with van der Waals surface area (Å²) < 4.78 is 4.38. The number of hydrogen-bond donors (Lipinski definition) is 1. The summed E-state index contributed by atoms with van der Waals surface area (Å²) in [6.45, 7) is 6.48. The zero-order valence-corrected chi connectivity index (χ0v) is 11.8. The van der Waals surface area contributed by atoms with Gasteiger partial charge in [0.1, 0.15) is 5.82 Å². The smallest absolute Gasteiger partial charge is 0.202 e. The van der Waals surface area contributed by atoms with E-state index in [2.05, 4.69) is 40.5 Å². The molecule has 1 aliphatic carbocycles. The minimum absolute atomic E-state index is 0.647. The van der Waals surface area contributed by atoms with Gasteiger partial charge in [0.25, 0.3) is 0 Å². The Kier molecular flexibility index (Phi) is 4.34. The van der Waals surface area contributed by atoms with E-state index in [1.807, 2.05) is 0 Å². The molecule has 1 unspecified atom stereocenters. The minimum Gasteiger partial charge on any atom is -0.359 e. The normalized spacial score (nSPS) is 17.4. The van der Waals surface area contributed by atoms with Crippen molar-refractivity contribution in [2.24, 2.45) is 0 Å². The number of hydrogen-bond acceptors (Lipinski definition) is 5. The van der Waals surface area contributed by atoms with Gasteiger partial charge in [-0.15, -0.1) is 0 Å². The van der Waals surface area contributed by atoms with Crippen molar-refractivity contribution in [1.29, 1.82) is 0 Å². The number of nitrogens with zero attached hydrogens (tertiary/aromatic N) is 3. The standard InChI is InChI=1S/C12H22N4S/c1-4-9(2)16(3)8-7-13-12-14-11(15-17-12)10-5-6-10/h9-10H,4-8H2,1-3H3,(H,13,14,15). The Balaban J connectivity index is 1.70. The molecular weight excluding hydrogens is 232 g/mol. The molecule has 17 heavy (non-hydrogen) atoms. The highest BCUT2D eigenvalue weighted by molar-refractivity contribution is 7.09. The lowest BCUT2D eigenvalue weighted by atomic mass is 10.2. The molecule has 0 aromatic carbocycles. The minimum atomic E-state index is 0.647. The fourth-order valence-electron chi connectivity index (χ4n) is 1.69. The molecule has 1 aromatic heterocycles. The zero-order valence-electron chi connectivity index (χ0n) is 10.9. The van der Waals surface area contributed by atoms with Crippen LogP contribution in [0.5, 0.6) is 0 Å². The fraction of sp³-hybridized carbons (Fsp3) is 0.833. The molecule has 0 saturated heterocycles. The number of nitrogens with one attached hydrogen (secondary N) is 1. The first-order valence-corrected chi connectivity index (χ1v) is 7.25. The average molecular weight is 254 g/mol. The SMILES string of the molecule is CCC(C)N(C)CCNc1nc(C2CC2)ns1. The summed E-state index contributed by atoms with van der Waals surface area (Å²) in [5.74, 6) is 1.71. The van der Waals surface area contributed by atoms with Crippen LogP contribution in [0.15, 0.2) is 0 Å². The highest BCUT2D eigenvalue weighted by Crippen LogP contribution is 2.39. The molecule has 1 saturated carbocycles. The molecule has 1 atom stereocenters. The average Bonchev–Trinajstić information content (AvgIpc) is 3.08. The second-order valence-corrected chi connectivity index (χ2v) is 5.65. The summed E-state index contributed by atoms with van der Waals surface area (Å²) in [7, 11) is 2.17. The topological polar surface area (TPSA) is 41.0 Å². The first-order valence-electron chi connectivity index (χ1n) is 6.48. The van der Waals surface area contributed by atoms with Crippen LogP contribution in [-0.2, 0) is 0 Å². The molecular formula is C12H22N4S. The first kappa shape index (κ1) is 12.8. The van der Waals surface area contributed by atoms with Crippen LogP contribution in [0.25, 0.3) is 0 Å². The van der Waals surface area contributed by atoms with Gasteiger partial charge in [-0.2, -0.15) is 4.37 Å². The molecule has 1 aliphatic rings. The van der Waals surface area contributed by atoms with Gasteiger partial charge >= 0.3 is 0 Å². The van der Waals surface area contributed by atoms with Crippen molar-refractivity contribution >= 4 is 16.7 Å². The fourth-order valence-corrected chi connectivity index (χ4v) is 2.36. The quantitative estimate of drug-likeness (QED) is 0.812. The summed E-state index contributed by atoms with van der Waals surface area (Å²) in [4.78, 5) is 6.88. The lowest BCUT2D eigenvalue weighted by Crippen LogP contribution is -2.32. The highest BCUT2D eigenvalue weighted by Gasteiger charge is 2.27. The molecule has 1 fully saturated rings. The van der Waals surface area contributed by atoms with Crippen LogP contribution in [-0.4, -0.2) is 40.4 Å². The maximum absolute atomic E-state index is 4.51. The molecule has 0 aliphatic heterocycles. The molecule has 1 aromatic rings. The Labute approximate surface area is 108 Å². The van der Waals surface area contributed by atoms with E-state index in [9.17, 15) is 0 Å². The van der Waals surface area contributed by atoms with Crippen LogP contribution in [0.3, 0.4) is 0 Å². The summed E-state index contributed by atoms with van der Waals surface area (Å²) in [5, 5.41) is 4.34. The van der Waals surface area contributed by atoms with E-state index in [-0.39, 0.29) is 0 Å². The van der Waals surface area contributed by atoms with Gasteiger partial charge in [0.15, 0.2) is 0 Å². The van der Waals surface area contributed by atoms with Gasteiger partial charge in [0, 0.05) is 36.6 Å². The lowest BCUT2D eigenvalue weighted by Gasteiger charge is -2.23. The van der Waals surface area contributed by atoms with Crippen molar-refractivity contribution in [3.05, 3.63) is 5.82 Å². The van der Waals surface area contributed by atoms with Crippen LogP contribution in [0, 0.1) is 0 Å². The van der Waals surface area contributed by atoms with Gasteiger partial charge in [-0.3, -0.25) is 0 Å². The Morgan fingerprint density at radius 2 is 2.29 bits per heavy atom. The molecule has 0 amide bonds. The van der Waals surface area contributed by atoms with Crippen molar-refractivity contribution in [3.8, 4) is 0 Å². The van der Waals surface area contributed by atoms with Gasteiger partial charge in [-0.25, -0.2) is 4.98 Å². The van der Waals surface area contributed by atoms with E-state index in [1.165, 1.54) is 30.8 Å². The number of aromatic nitrogens is 2. The first-order chi connectivity index (χ1) is 8.20. The molecule has 0 radical (unpaired) electrons. The van der Waals surface area contributed by atoms with Gasteiger partial charge in [-0.05, 0) is 33.2 Å². The van der Waals surface area contributed by atoms with Gasteiger partial charge in [-0.1, -0.05) is 6.92 Å². The Hall–Kier alpha value is -0.680. The third-order valence-corrected chi connectivity index (χ3v) is 4.16. The summed E-state index contributed by atoms with van der Waals surface area (Å²) in [5.41, 5.74) is 0. The molecule has 2 rings (SSSR count). The van der Waals surface area contributed by atoms with E-state index in [0.717, 1.165) is 24.0 Å².